The molecule has 0 unspecified atom stereocenters. The molecule has 0 atom stereocenters. The molecule has 1 N–H and O–H groups in total. The van der Waals surface area contributed by atoms with Crippen LogP contribution in [0, 0.1) is 15.9 Å². The molecule has 1 amide bonds. The van der Waals surface area contributed by atoms with Crippen molar-refractivity contribution in [1.82, 2.24) is 5.32 Å². The molecule has 0 spiro atoms. The lowest BCUT2D eigenvalue weighted by Gasteiger charge is -2.06. The Labute approximate surface area is 128 Å². The van der Waals surface area contributed by atoms with Gasteiger partial charge in [-0.3, -0.25) is 14.9 Å². The van der Waals surface area contributed by atoms with Gasteiger partial charge in [0, 0.05) is 24.2 Å². The van der Waals surface area contributed by atoms with Crippen LogP contribution in [0.3, 0.4) is 0 Å². The lowest BCUT2D eigenvalue weighted by atomic mass is 10.2. The minimum absolute atomic E-state index is 0.0138. The topological polar surface area (TPSA) is 72.2 Å². The van der Waals surface area contributed by atoms with Gasteiger partial charge in [0.2, 0.25) is 0 Å². The van der Waals surface area contributed by atoms with E-state index in [0.29, 0.717) is 5.56 Å². The summed E-state index contributed by atoms with van der Waals surface area (Å²) in [5.41, 5.74) is 0.907. The maximum Gasteiger partial charge on any atom is 0.269 e. The Morgan fingerprint density at radius 2 is 1.90 bits per heavy atom. The highest BCUT2D eigenvalue weighted by atomic mass is 79.9. The molecule has 2 aromatic rings. The van der Waals surface area contributed by atoms with Crippen molar-refractivity contribution in [3.05, 3.63) is 74.0 Å². The first-order valence-corrected chi connectivity index (χ1v) is 6.73. The summed E-state index contributed by atoms with van der Waals surface area (Å²) in [6.45, 7) is 0.203. The van der Waals surface area contributed by atoms with E-state index < -0.39 is 16.6 Å². The number of non-ortho nitro benzene ring substituents is 1. The highest BCUT2D eigenvalue weighted by Crippen LogP contribution is 2.16. The second kappa shape index (κ2) is 6.45. The van der Waals surface area contributed by atoms with Gasteiger partial charge in [-0.05, 0) is 39.7 Å². The molecule has 2 rings (SSSR count). The van der Waals surface area contributed by atoms with E-state index in [9.17, 15) is 19.3 Å². The van der Waals surface area contributed by atoms with E-state index in [0.717, 1.165) is 6.07 Å². The van der Waals surface area contributed by atoms with Crippen LogP contribution in [0.5, 0.6) is 0 Å². The van der Waals surface area contributed by atoms with Gasteiger partial charge >= 0.3 is 0 Å². The standard InChI is InChI=1S/C14H10BrFN2O3/c15-12-6-3-10(7-13(12)16)14(19)17-8-9-1-4-11(5-2-9)18(20)21/h1-7H,8H2,(H,17,19). The normalized spacial score (nSPS) is 10.2. The van der Waals surface area contributed by atoms with Gasteiger partial charge in [0.1, 0.15) is 5.82 Å². The van der Waals surface area contributed by atoms with Gasteiger partial charge in [-0.25, -0.2) is 4.39 Å². The van der Waals surface area contributed by atoms with Crippen LogP contribution in [0.2, 0.25) is 0 Å². The zero-order valence-electron chi connectivity index (χ0n) is 10.7. The molecule has 108 valence electrons. The number of nitrogens with one attached hydrogen (secondary N) is 1. The van der Waals surface area contributed by atoms with Gasteiger partial charge in [0.25, 0.3) is 11.6 Å². The molecule has 0 fully saturated rings. The molecular weight excluding hydrogens is 343 g/mol. The minimum atomic E-state index is -0.516. The van der Waals surface area contributed by atoms with Gasteiger partial charge in [-0.1, -0.05) is 12.1 Å². The van der Waals surface area contributed by atoms with E-state index in [1.54, 1.807) is 12.1 Å². The quantitative estimate of drug-likeness (QED) is 0.676. The highest BCUT2D eigenvalue weighted by molar-refractivity contribution is 9.10. The Hall–Kier alpha value is -2.28. The number of nitro groups is 1. The molecule has 0 bridgehead atoms. The number of hydrogen-bond donors (Lipinski definition) is 1. The number of amides is 1. The number of nitrogens with zero attached hydrogens (tertiary/aromatic N) is 1. The van der Waals surface area contributed by atoms with E-state index in [1.807, 2.05) is 0 Å². The van der Waals surface area contributed by atoms with E-state index in [1.165, 1.54) is 24.3 Å². The fourth-order valence-electron chi connectivity index (χ4n) is 1.66. The van der Waals surface area contributed by atoms with Crippen molar-refractivity contribution in [2.24, 2.45) is 0 Å². The summed E-state index contributed by atoms with van der Waals surface area (Å²) >= 11 is 3.01. The Morgan fingerprint density at radius 1 is 1.24 bits per heavy atom. The van der Waals surface area contributed by atoms with E-state index >= 15 is 0 Å². The van der Waals surface area contributed by atoms with Gasteiger partial charge in [-0.15, -0.1) is 0 Å². The number of hydrogen-bond acceptors (Lipinski definition) is 3. The second-order valence-electron chi connectivity index (χ2n) is 4.24. The summed E-state index contributed by atoms with van der Waals surface area (Å²) in [7, 11) is 0. The van der Waals surface area contributed by atoms with Crippen LogP contribution in [0.25, 0.3) is 0 Å². The summed E-state index contributed by atoms with van der Waals surface area (Å²) in [6.07, 6.45) is 0. The van der Waals surface area contributed by atoms with Gasteiger partial charge in [-0.2, -0.15) is 0 Å². The zero-order chi connectivity index (χ0) is 15.4. The third-order valence-corrected chi connectivity index (χ3v) is 3.43. The highest BCUT2D eigenvalue weighted by Gasteiger charge is 2.09. The summed E-state index contributed by atoms with van der Waals surface area (Å²) < 4.78 is 13.6. The van der Waals surface area contributed by atoms with Crippen LogP contribution in [-0.4, -0.2) is 10.8 Å². The predicted molar refractivity (Wildman–Crippen MR) is 78.4 cm³/mol. The van der Waals surface area contributed by atoms with E-state index in [2.05, 4.69) is 21.2 Å². The van der Waals surface area contributed by atoms with Crippen molar-refractivity contribution in [1.29, 1.82) is 0 Å². The largest absolute Gasteiger partial charge is 0.348 e. The summed E-state index contributed by atoms with van der Waals surface area (Å²) in [6, 6.07) is 9.92. The Bertz CT molecular complexity index is 689. The molecule has 21 heavy (non-hydrogen) atoms. The Kier molecular flexibility index (Phi) is 4.64. The van der Waals surface area contributed by atoms with Gasteiger partial charge in [0.15, 0.2) is 0 Å². The lowest BCUT2D eigenvalue weighted by Crippen LogP contribution is -2.22. The molecule has 0 aliphatic heterocycles. The van der Waals surface area contributed by atoms with Crippen LogP contribution < -0.4 is 5.32 Å². The van der Waals surface area contributed by atoms with Crippen molar-refractivity contribution in [3.8, 4) is 0 Å². The summed E-state index contributed by atoms with van der Waals surface area (Å²) in [4.78, 5) is 21.9. The van der Waals surface area contributed by atoms with Crippen LogP contribution >= 0.6 is 15.9 Å². The van der Waals surface area contributed by atoms with E-state index in [4.69, 9.17) is 0 Å². The molecule has 0 radical (unpaired) electrons. The number of carbonyl (C=O) groups excluding carboxylic acids is 1. The molecule has 0 heterocycles. The number of halogens is 2. The summed E-state index contributed by atoms with van der Waals surface area (Å²) in [5, 5.41) is 13.1. The maximum absolute atomic E-state index is 13.3. The third-order valence-electron chi connectivity index (χ3n) is 2.78. The van der Waals surface area contributed by atoms with Crippen molar-refractivity contribution in [2.75, 3.05) is 0 Å². The first kappa shape index (κ1) is 15.1. The minimum Gasteiger partial charge on any atom is -0.348 e. The number of rotatable bonds is 4. The van der Waals surface area contributed by atoms with Gasteiger partial charge < -0.3 is 5.32 Å². The smallest absolute Gasteiger partial charge is 0.269 e. The SMILES string of the molecule is O=C(NCc1ccc([N+](=O)[O-])cc1)c1ccc(Br)c(F)c1. The molecule has 7 heteroatoms. The van der Waals surface area contributed by atoms with Crippen molar-refractivity contribution < 1.29 is 14.1 Å². The molecule has 0 aliphatic rings. The van der Waals surface area contributed by atoms with Crippen molar-refractivity contribution in [3.63, 3.8) is 0 Å². The molecule has 0 saturated heterocycles. The fourth-order valence-corrected chi connectivity index (χ4v) is 1.90. The van der Waals surface area contributed by atoms with E-state index in [-0.39, 0.29) is 22.3 Å². The molecule has 5 nitrogen and oxygen atoms in total. The fraction of sp³-hybridized carbons (Fsp3) is 0.0714. The second-order valence-corrected chi connectivity index (χ2v) is 5.09. The average Bonchev–Trinajstić information content (AvgIpc) is 2.48. The number of carbonyl (C=O) groups is 1. The third kappa shape index (κ3) is 3.85. The Balaban J connectivity index is 2.00. The zero-order valence-corrected chi connectivity index (χ0v) is 12.3. The first-order chi connectivity index (χ1) is 9.97. The van der Waals surface area contributed by atoms with Crippen molar-refractivity contribution in [2.45, 2.75) is 6.54 Å². The Morgan fingerprint density at radius 3 is 2.48 bits per heavy atom. The van der Waals surface area contributed by atoms with Crippen LogP contribution in [0.4, 0.5) is 10.1 Å². The molecular formula is C14H10BrFN2O3. The van der Waals surface area contributed by atoms with Crippen LogP contribution in [0.15, 0.2) is 46.9 Å². The average molecular weight is 353 g/mol. The lowest BCUT2D eigenvalue weighted by molar-refractivity contribution is -0.384. The molecule has 0 aromatic heterocycles. The molecule has 2 aromatic carbocycles. The van der Waals surface area contributed by atoms with Crippen LogP contribution in [0.1, 0.15) is 15.9 Å². The van der Waals surface area contributed by atoms with Crippen LogP contribution in [-0.2, 0) is 6.54 Å². The maximum atomic E-state index is 13.3. The predicted octanol–water partition coefficient (Wildman–Crippen LogP) is 3.43. The molecule has 0 saturated carbocycles. The summed E-state index contributed by atoms with van der Waals surface area (Å²) in [5.74, 6) is -0.933. The van der Waals surface area contributed by atoms with Gasteiger partial charge in [0.05, 0.1) is 9.40 Å². The number of nitro benzene ring substituents is 1. The van der Waals surface area contributed by atoms with Crippen molar-refractivity contribution >= 4 is 27.5 Å². The monoisotopic (exact) mass is 352 g/mol. The first-order valence-electron chi connectivity index (χ1n) is 5.94. The molecule has 0 aliphatic carbocycles. The number of benzene rings is 2.